The molecule has 3 aromatic rings. The molecule has 1 amide bonds. The van der Waals surface area contributed by atoms with Crippen molar-refractivity contribution in [1.82, 2.24) is 14.3 Å². The highest BCUT2D eigenvalue weighted by Crippen LogP contribution is 2.13. The lowest BCUT2D eigenvalue weighted by atomic mass is 10.2. The minimum atomic E-state index is -3.92. The fourth-order valence-electron chi connectivity index (χ4n) is 2.06. The van der Waals surface area contributed by atoms with Gasteiger partial charge in [0.15, 0.2) is 0 Å². The molecule has 0 aliphatic carbocycles. The molecule has 0 saturated heterocycles. The van der Waals surface area contributed by atoms with Gasteiger partial charge in [-0.05, 0) is 31.2 Å². The van der Waals surface area contributed by atoms with Crippen LogP contribution in [0.4, 0.5) is 4.79 Å². The highest BCUT2D eigenvalue weighted by molar-refractivity contribution is 7.90. The molecule has 0 saturated carbocycles. The quantitative estimate of drug-likeness (QED) is 0.786. The molecule has 1 N–H and O–H groups in total. The number of rotatable bonds is 2. The maximum absolute atomic E-state index is 12.2. The minimum absolute atomic E-state index is 0.0378. The summed E-state index contributed by atoms with van der Waals surface area (Å²) >= 11 is 0. The van der Waals surface area contributed by atoms with Crippen molar-refractivity contribution in [2.75, 3.05) is 0 Å². The molecule has 0 atom stereocenters. The Balaban J connectivity index is 1.92. The number of carbonyl (C=O) groups is 1. The number of fused-ring (bicyclic) bond motifs is 1. The summed E-state index contributed by atoms with van der Waals surface area (Å²) in [6.07, 6.45) is 1.30. The molecule has 2 aromatic carbocycles. The number of benzene rings is 2. The Morgan fingerprint density at radius 2 is 1.77 bits per heavy atom. The van der Waals surface area contributed by atoms with E-state index in [-0.39, 0.29) is 4.90 Å². The summed E-state index contributed by atoms with van der Waals surface area (Å²) in [5, 5.41) is 0. The van der Waals surface area contributed by atoms with Crippen molar-refractivity contribution in [2.45, 2.75) is 11.8 Å². The average Bonchev–Trinajstić information content (AvgIpc) is 2.91. The van der Waals surface area contributed by atoms with E-state index in [0.29, 0.717) is 11.0 Å². The first-order chi connectivity index (χ1) is 10.5. The van der Waals surface area contributed by atoms with Crippen LogP contribution in [0.2, 0.25) is 0 Å². The number of carbonyl (C=O) groups excluding carboxylic acids is 1. The number of aryl methyl sites for hydroxylation is 1. The monoisotopic (exact) mass is 315 g/mol. The smallest absolute Gasteiger partial charge is 0.250 e. The number of nitrogens with zero attached hydrogens (tertiary/aromatic N) is 2. The molecule has 0 unspecified atom stereocenters. The van der Waals surface area contributed by atoms with E-state index in [0.717, 1.165) is 5.56 Å². The van der Waals surface area contributed by atoms with Crippen molar-refractivity contribution in [3.63, 3.8) is 0 Å². The minimum Gasteiger partial charge on any atom is -0.250 e. The molecule has 1 aromatic heterocycles. The van der Waals surface area contributed by atoms with Crippen LogP contribution in [-0.4, -0.2) is 24.0 Å². The van der Waals surface area contributed by atoms with Gasteiger partial charge in [0.25, 0.3) is 10.0 Å². The van der Waals surface area contributed by atoms with E-state index < -0.39 is 16.1 Å². The third-order valence-corrected chi connectivity index (χ3v) is 4.56. The van der Waals surface area contributed by atoms with Crippen molar-refractivity contribution in [1.29, 1.82) is 0 Å². The predicted octanol–water partition coefficient (Wildman–Crippen LogP) is 2.29. The summed E-state index contributed by atoms with van der Waals surface area (Å²) in [7, 11) is -3.92. The van der Waals surface area contributed by atoms with Gasteiger partial charge in [-0.2, -0.15) is 0 Å². The van der Waals surface area contributed by atoms with Gasteiger partial charge in [0.2, 0.25) is 0 Å². The first-order valence-corrected chi connectivity index (χ1v) is 8.01. The van der Waals surface area contributed by atoms with Crippen LogP contribution in [0.15, 0.2) is 59.8 Å². The molecular formula is C15H13N3O3S. The first kappa shape index (κ1) is 14.3. The van der Waals surface area contributed by atoms with Crippen molar-refractivity contribution < 1.29 is 13.2 Å². The lowest BCUT2D eigenvalue weighted by Gasteiger charge is -2.08. The first-order valence-electron chi connectivity index (χ1n) is 6.53. The lowest BCUT2D eigenvalue weighted by molar-refractivity contribution is 0.248. The van der Waals surface area contributed by atoms with Crippen molar-refractivity contribution in [3.05, 3.63) is 60.4 Å². The highest BCUT2D eigenvalue weighted by atomic mass is 32.2. The number of para-hydroxylation sites is 2. The number of aromatic nitrogens is 2. The predicted molar refractivity (Wildman–Crippen MR) is 82.0 cm³/mol. The zero-order valence-corrected chi connectivity index (χ0v) is 12.5. The van der Waals surface area contributed by atoms with Crippen LogP contribution in [0.5, 0.6) is 0 Å². The molecule has 112 valence electrons. The lowest BCUT2D eigenvalue weighted by Crippen LogP contribution is -2.33. The molecular weight excluding hydrogens is 302 g/mol. The van der Waals surface area contributed by atoms with Crippen molar-refractivity contribution in [2.24, 2.45) is 0 Å². The van der Waals surface area contributed by atoms with E-state index in [1.807, 2.05) is 11.6 Å². The van der Waals surface area contributed by atoms with E-state index >= 15 is 0 Å². The molecule has 0 aliphatic heterocycles. The Hall–Kier alpha value is -2.67. The summed E-state index contributed by atoms with van der Waals surface area (Å²) in [6.45, 7) is 1.85. The SMILES string of the molecule is Cc1ccc(S(=O)(=O)NC(=O)n2cnc3ccccc32)cc1. The topological polar surface area (TPSA) is 81.1 Å². The summed E-state index contributed by atoms with van der Waals surface area (Å²) < 4.78 is 27.6. The molecule has 6 nitrogen and oxygen atoms in total. The fourth-order valence-corrected chi connectivity index (χ4v) is 3.00. The molecule has 0 fully saturated rings. The van der Waals surface area contributed by atoms with Crippen molar-refractivity contribution >= 4 is 27.1 Å². The van der Waals surface area contributed by atoms with Gasteiger partial charge in [0.1, 0.15) is 6.33 Å². The number of sulfonamides is 1. The van der Waals surface area contributed by atoms with Gasteiger partial charge in [-0.1, -0.05) is 29.8 Å². The Morgan fingerprint density at radius 1 is 1.09 bits per heavy atom. The van der Waals surface area contributed by atoms with Crippen LogP contribution in [0.1, 0.15) is 5.56 Å². The molecule has 1 heterocycles. The van der Waals surface area contributed by atoms with Crippen LogP contribution >= 0.6 is 0 Å². The maximum Gasteiger partial charge on any atom is 0.341 e. The highest BCUT2D eigenvalue weighted by Gasteiger charge is 2.19. The van der Waals surface area contributed by atoms with Gasteiger partial charge in [-0.15, -0.1) is 0 Å². The maximum atomic E-state index is 12.2. The zero-order valence-electron chi connectivity index (χ0n) is 11.7. The Labute approximate surface area is 127 Å². The van der Waals surface area contributed by atoms with Crippen LogP contribution in [0.3, 0.4) is 0 Å². The number of hydrogen-bond donors (Lipinski definition) is 1. The summed E-state index contributed by atoms with van der Waals surface area (Å²) in [6, 6.07) is 12.5. The standard InChI is InChI=1S/C15H13N3O3S/c1-11-6-8-12(9-7-11)22(20,21)17-15(19)18-10-16-13-4-2-3-5-14(13)18/h2-10H,1H3,(H,17,19). The number of imidazole rings is 1. The van der Waals surface area contributed by atoms with Crippen LogP contribution < -0.4 is 4.72 Å². The van der Waals surface area contributed by atoms with Crippen LogP contribution in [-0.2, 0) is 10.0 Å². The van der Waals surface area contributed by atoms with Crippen molar-refractivity contribution in [3.8, 4) is 0 Å². The number of amides is 1. The third-order valence-electron chi connectivity index (χ3n) is 3.23. The summed E-state index contributed by atoms with van der Waals surface area (Å²) in [4.78, 5) is 16.3. The zero-order chi connectivity index (χ0) is 15.7. The number of hydrogen-bond acceptors (Lipinski definition) is 4. The molecule has 0 bridgehead atoms. The van der Waals surface area contributed by atoms with Gasteiger partial charge >= 0.3 is 6.03 Å². The largest absolute Gasteiger partial charge is 0.341 e. The Bertz CT molecular complexity index is 944. The Kier molecular flexibility index (Phi) is 3.42. The third kappa shape index (κ3) is 2.58. The van der Waals surface area contributed by atoms with E-state index in [2.05, 4.69) is 4.98 Å². The van der Waals surface area contributed by atoms with Crippen LogP contribution in [0.25, 0.3) is 11.0 Å². The molecule has 3 rings (SSSR count). The second-order valence-electron chi connectivity index (χ2n) is 4.83. The second-order valence-corrected chi connectivity index (χ2v) is 6.51. The van der Waals surface area contributed by atoms with E-state index in [4.69, 9.17) is 0 Å². The second kappa shape index (κ2) is 5.27. The average molecular weight is 315 g/mol. The van der Waals surface area contributed by atoms with Crippen LogP contribution in [0, 0.1) is 6.92 Å². The molecule has 0 radical (unpaired) electrons. The Morgan fingerprint density at radius 3 is 2.50 bits per heavy atom. The van der Waals surface area contributed by atoms with Gasteiger partial charge in [0.05, 0.1) is 15.9 Å². The summed E-state index contributed by atoms with van der Waals surface area (Å²) in [5.41, 5.74) is 2.09. The van der Waals surface area contributed by atoms with E-state index in [1.165, 1.54) is 23.0 Å². The summed E-state index contributed by atoms with van der Waals surface area (Å²) in [5.74, 6) is 0. The van der Waals surface area contributed by atoms with Gasteiger partial charge in [0, 0.05) is 0 Å². The molecule has 7 heteroatoms. The fraction of sp³-hybridized carbons (Fsp3) is 0.0667. The molecule has 22 heavy (non-hydrogen) atoms. The van der Waals surface area contributed by atoms with E-state index in [9.17, 15) is 13.2 Å². The van der Waals surface area contributed by atoms with Gasteiger partial charge < -0.3 is 0 Å². The van der Waals surface area contributed by atoms with Gasteiger partial charge in [-0.25, -0.2) is 27.5 Å². The van der Waals surface area contributed by atoms with Gasteiger partial charge in [-0.3, -0.25) is 0 Å². The molecule has 0 spiro atoms. The van der Waals surface area contributed by atoms with E-state index in [1.54, 1.807) is 36.4 Å². The normalized spacial score (nSPS) is 11.5. The molecule has 0 aliphatic rings. The number of nitrogens with one attached hydrogen (secondary N) is 1.